The van der Waals surface area contributed by atoms with Crippen molar-refractivity contribution in [3.8, 4) is 17.2 Å². The summed E-state index contributed by atoms with van der Waals surface area (Å²) in [6.45, 7) is 3.65. The summed E-state index contributed by atoms with van der Waals surface area (Å²) in [5.74, 6) is 2.00. The number of methoxy groups -OCH3 is 3. The monoisotopic (exact) mass is 355 g/mol. The number of nitrogens with zero attached hydrogens (tertiary/aromatic N) is 3. The van der Waals surface area contributed by atoms with Crippen molar-refractivity contribution in [3.05, 3.63) is 48.0 Å². The van der Waals surface area contributed by atoms with Gasteiger partial charge in [0.25, 0.3) is 0 Å². The van der Waals surface area contributed by atoms with Crippen LogP contribution < -0.4 is 19.1 Å². The van der Waals surface area contributed by atoms with E-state index in [1.165, 1.54) is 5.69 Å². The molecule has 0 N–H and O–H groups in total. The molecule has 0 aromatic heterocycles. The first-order valence-electron chi connectivity index (χ1n) is 8.64. The Morgan fingerprint density at radius 2 is 1.42 bits per heavy atom. The number of rotatable bonds is 6. The lowest BCUT2D eigenvalue weighted by Crippen LogP contribution is -2.44. The first-order valence-corrected chi connectivity index (χ1v) is 8.64. The van der Waals surface area contributed by atoms with Crippen LogP contribution in [0.15, 0.2) is 47.6 Å². The summed E-state index contributed by atoms with van der Waals surface area (Å²) in [6, 6.07) is 14.2. The molecule has 1 aliphatic heterocycles. The van der Waals surface area contributed by atoms with Gasteiger partial charge in [0.2, 0.25) is 0 Å². The van der Waals surface area contributed by atoms with Gasteiger partial charge in [0.1, 0.15) is 5.75 Å². The minimum Gasteiger partial charge on any atom is -0.496 e. The molecule has 1 heterocycles. The third kappa shape index (κ3) is 4.02. The SMILES string of the molecule is COc1cc(OC)c(OC)cc1/C=N/N1CCN(c2ccccc2)CC1. The molecular weight excluding hydrogens is 330 g/mol. The molecule has 0 bridgehead atoms. The first kappa shape index (κ1) is 17.9. The summed E-state index contributed by atoms with van der Waals surface area (Å²) in [7, 11) is 4.86. The van der Waals surface area contributed by atoms with E-state index in [9.17, 15) is 0 Å². The van der Waals surface area contributed by atoms with Crippen molar-refractivity contribution in [1.29, 1.82) is 0 Å². The first-order chi connectivity index (χ1) is 12.7. The van der Waals surface area contributed by atoms with E-state index in [2.05, 4.69) is 39.3 Å². The number of hydrogen-bond donors (Lipinski definition) is 0. The van der Waals surface area contributed by atoms with Crippen LogP contribution >= 0.6 is 0 Å². The number of anilines is 1. The molecule has 26 heavy (non-hydrogen) atoms. The lowest BCUT2D eigenvalue weighted by Gasteiger charge is -2.34. The predicted molar refractivity (Wildman–Crippen MR) is 104 cm³/mol. The van der Waals surface area contributed by atoms with Gasteiger partial charge in [-0.3, -0.25) is 5.01 Å². The highest BCUT2D eigenvalue weighted by Crippen LogP contribution is 2.33. The average molecular weight is 355 g/mol. The van der Waals surface area contributed by atoms with Gasteiger partial charge < -0.3 is 19.1 Å². The van der Waals surface area contributed by atoms with Gasteiger partial charge in [-0.2, -0.15) is 5.10 Å². The Hall–Kier alpha value is -2.89. The molecule has 6 nitrogen and oxygen atoms in total. The largest absolute Gasteiger partial charge is 0.496 e. The molecule has 1 aliphatic rings. The molecular formula is C20H25N3O3. The third-order valence-electron chi connectivity index (χ3n) is 4.47. The van der Waals surface area contributed by atoms with Crippen molar-refractivity contribution >= 4 is 11.9 Å². The second-order valence-electron chi connectivity index (χ2n) is 5.97. The number of benzene rings is 2. The number of hydrazone groups is 1. The van der Waals surface area contributed by atoms with Crippen molar-refractivity contribution in [2.24, 2.45) is 5.10 Å². The Morgan fingerprint density at radius 3 is 2.04 bits per heavy atom. The predicted octanol–water partition coefficient (Wildman–Crippen LogP) is 2.87. The highest BCUT2D eigenvalue weighted by atomic mass is 16.5. The van der Waals surface area contributed by atoms with Crippen LogP contribution in [0.25, 0.3) is 0 Å². The summed E-state index contributed by atoms with van der Waals surface area (Å²) >= 11 is 0. The number of hydrogen-bond acceptors (Lipinski definition) is 6. The van der Waals surface area contributed by atoms with Crippen molar-refractivity contribution in [1.82, 2.24) is 5.01 Å². The van der Waals surface area contributed by atoms with Gasteiger partial charge in [-0.05, 0) is 18.2 Å². The minimum absolute atomic E-state index is 0.637. The standard InChI is InChI=1S/C20H25N3O3/c1-24-18-14-20(26-3)19(25-2)13-16(18)15-21-23-11-9-22(10-12-23)17-7-5-4-6-8-17/h4-8,13-15H,9-12H2,1-3H3/b21-15+. The van der Waals surface area contributed by atoms with Crippen LogP contribution in [0.1, 0.15) is 5.56 Å². The van der Waals surface area contributed by atoms with Gasteiger partial charge >= 0.3 is 0 Å². The average Bonchev–Trinajstić information content (AvgIpc) is 2.72. The highest BCUT2D eigenvalue weighted by Gasteiger charge is 2.16. The van der Waals surface area contributed by atoms with Crippen LogP contribution in [-0.4, -0.2) is 58.7 Å². The van der Waals surface area contributed by atoms with Gasteiger partial charge in [-0.25, -0.2) is 0 Å². The Morgan fingerprint density at radius 1 is 0.808 bits per heavy atom. The van der Waals surface area contributed by atoms with E-state index in [1.54, 1.807) is 21.3 Å². The molecule has 6 heteroatoms. The van der Waals surface area contributed by atoms with Gasteiger partial charge in [0, 0.05) is 30.4 Å². The zero-order chi connectivity index (χ0) is 18.4. The van der Waals surface area contributed by atoms with E-state index in [0.717, 1.165) is 31.7 Å². The topological polar surface area (TPSA) is 46.5 Å². The van der Waals surface area contributed by atoms with E-state index in [0.29, 0.717) is 17.2 Å². The molecule has 2 aromatic rings. The fraction of sp³-hybridized carbons (Fsp3) is 0.350. The maximum absolute atomic E-state index is 5.45. The fourth-order valence-electron chi connectivity index (χ4n) is 3.01. The van der Waals surface area contributed by atoms with Gasteiger partial charge in [0.05, 0.1) is 40.6 Å². The Bertz CT molecular complexity index is 741. The smallest absolute Gasteiger partial charge is 0.164 e. The summed E-state index contributed by atoms with van der Waals surface area (Å²) in [6.07, 6.45) is 1.82. The molecule has 0 spiro atoms. The summed E-state index contributed by atoms with van der Waals surface area (Å²) in [4.78, 5) is 2.38. The number of ether oxygens (including phenoxy) is 3. The molecule has 0 aliphatic carbocycles. The van der Waals surface area contributed by atoms with E-state index in [4.69, 9.17) is 14.2 Å². The van der Waals surface area contributed by atoms with E-state index >= 15 is 0 Å². The molecule has 0 atom stereocenters. The molecule has 1 fully saturated rings. The van der Waals surface area contributed by atoms with E-state index < -0.39 is 0 Å². The molecule has 0 saturated carbocycles. The molecule has 0 amide bonds. The quantitative estimate of drug-likeness (QED) is 0.746. The molecule has 138 valence electrons. The lowest BCUT2D eigenvalue weighted by molar-refractivity contribution is 0.272. The normalized spacial score (nSPS) is 14.6. The van der Waals surface area contributed by atoms with Gasteiger partial charge in [0.15, 0.2) is 11.5 Å². The maximum Gasteiger partial charge on any atom is 0.164 e. The van der Waals surface area contributed by atoms with Crippen LogP contribution in [0, 0.1) is 0 Å². The van der Waals surface area contributed by atoms with Crippen molar-refractivity contribution < 1.29 is 14.2 Å². The zero-order valence-corrected chi connectivity index (χ0v) is 15.5. The van der Waals surface area contributed by atoms with Crippen LogP contribution in [0.5, 0.6) is 17.2 Å². The van der Waals surface area contributed by atoms with Crippen LogP contribution in [-0.2, 0) is 0 Å². The Labute approximate surface area is 154 Å². The molecule has 3 rings (SSSR count). The second-order valence-corrected chi connectivity index (χ2v) is 5.97. The Kier molecular flexibility index (Phi) is 5.84. The highest BCUT2D eigenvalue weighted by molar-refractivity contribution is 5.85. The second kappa shape index (κ2) is 8.47. The number of piperazine rings is 1. The summed E-state index contributed by atoms with van der Waals surface area (Å²) in [5.41, 5.74) is 2.12. The number of para-hydroxylation sites is 1. The van der Waals surface area contributed by atoms with E-state index in [-0.39, 0.29) is 0 Å². The van der Waals surface area contributed by atoms with Crippen molar-refractivity contribution in [2.75, 3.05) is 52.4 Å². The molecule has 0 radical (unpaired) electrons. The minimum atomic E-state index is 0.637. The van der Waals surface area contributed by atoms with Crippen LogP contribution in [0.3, 0.4) is 0 Å². The van der Waals surface area contributed by atoms with Crippen molar-refractivity contribution in [3.63, 3.8) is 0 Å². The lowest BCUT2D eigenvalue weighted by atomic mass is 10.2. The molecule has 0 unspecified atom stereocenters. The zero-order valence-electron chi connectivity index (χ0n) is 15.5. The maximum atomic E-state index is 5.45. The van der Waals surface area contributed by atoms with Crippen molar-refractivity contribution in [2.45, 2.75) is 0 Å². The van der Waals surface area contributed by atoms with Gasteiger partial charge in [-0.1, -0.05) is 18.2 Å². The van der Waals surface area contributed by atoms with E-state index in [1.807, 2.05) is 24.4 Å². The summed E-state index contributed by atoms with van der Waals surface area (Å²) < 4.78 is 16.1. The van der Waals surface area contributed by atoms with Crippen LogP contribution in [0.2, 0.25) is 0 Å². The molecule has 1 saturated heterocycles. The van der Waals surface area contributed by atoms with Crippen LogP contribution in [0.4, 0.5) is 5.69 Å². The fourth-order valence-corrected chi connectivity index (χ4v) is 3.01. The molecule has 2 aromatic carbocycles. The third-order valence-corrected chi connectivity index (χ3v) is 4.47. The Balaban J connectivity index is 1.67. The summed E-state index contributed by atoms with van der Waals surface area (Å²) in [5, 5.41) is 6.71. The van der Waals surface area contributed by atoms with Gasteiger partial charge in [-0.15, -0.1) is 0 Å².